The molecule has 0 radical (unpaired) electrons. The summed E-state index contributed by atoms with van der Waals surface area (Å²) < 4.78 is 84.1. The van der Waals surface area contributed by atoms with Crippen LogP contribution in [0, 0.1) is 11.6 Å². The molecule has 0 fully saturated rings. The average Bonchev–Trinajstić information content (AvgIpc) is 2.69. The second-order valence-corrected chi connectivity index (χ2v) is 9.57. The van der Waals surface area contributed by atoms with Crippen LogP contribution in [0.15, 0.2) is 35.0 Å². The highest BCUT2D eigenvalue weighted by molar-refractivity contribution is 7.93. The monoisotopic (exact) mass is 464 g/mol. The summed E-state index contributed by atoms with van der Waals surface area (Å²) >= 11 is 0. The highest BCUT2D eigenvalue weighted by Crippen LogP contribution is 2.41. The highest BCUT2D eigenvalue weighted by atomic mass is 32.2. The molecule has 3 rings (SSSR count). The number of aliphatic hydroxyl groups is 1. The maximum absolute atomic E-state index is 13.9. The van der Waals surface area contributed by atoms with Crippen molar-refractivity contribution < 1.29 is 36.1 Å². The Morgan fingerprint density at radius 3 is 2.45 bits per heavy atom. The fourth-order valence-electron chi connectivity index (χ4n) is 2.96. The number of nitrogens with two attached hydrogens (primary N) is 1. The van der Waals surface area contributed by atoms with Crippen molar-refractivity contribution in [2.24, 2.45) is 10.1 Å². The Balaban J connectivity index is 1.91. The van der Waals surface area contributed by atoms with Crippen LogP contribution in [-0.2, 0) is 20.1 Å². The summed E-state index contributed by atoms with van der Waals surface area (Å²) in [6.07, 6.45) is -4.91. The molecular formula is C18H17F5N4O3S. The third-order valence-corrected chi connectivity index (χ3v) is 7.08. The zero-order valence-corrected chi connectivity index (χ0v) is 16.6. The van der Waals surface area contributed by atoms with Crippen LogP contribution in [0.4, 0.5) is 22.0 Å². The largest absolute Gasteiger partial charge is 0.423 e. The molecule has 3 N–H and O–H groups in total. The first kappa shape index (κ1) is 23.2. The number of nitrogens with zero attached hydrogens (tertiary/aromatic N) is 3. The Bertz CT molecular complexity index is 1120. The molecular weight excluding hydrogens is 447 g/mol. The predicted octanol–water partition coefficient (Wildman–Crippen LogP) is 2.29. The molecule has 1 aliphatic rings. The topological polar surface area (TPSA) is 119 Å². The molecule has 0 aliphatic carbocycles. The third kappa shape index (κ3) is 4.72. The van der Waals surface area contributed by atoms with Gasteiger partial charge in [0.25, 0.3) is 5.91 Å². The predicted molar refractivity (Wildman–Crippen MR) is 99.9 cm³/mol. The van der Waals surface area contributed by atoms with Crippen molar-refractivity contribution in [2.75, 3.05) is 11.5 Å². The summed E-state index contributed by atoms with van der Waals surface area (Å²) in [5.74, 6) is -3.61. The number of aromatic nitrogens is 2. The van der Waals surface area contributed by atoms with E-state index in [9.17, 15) is 36.1 Å². The Kier molecular flexibility index (Phi) is 6.13. The van der Waals surface area contributed by atoms with Crippen LogP contribution in [0.1, 0.15) is 18.5 Å². The van der Waals surface area contributed by atoms with Gasteiger partial charge in [0.05, 0.1) is 39.6 Å². The molecule has 0 saturated heterocycles. The van der Waals surface area contributed by atoms with Crippen LogP contribution in [0.2, 0.25) is 0 Å². The summed E-state index contributed by atoms with van der Waals surface area (Å²) in [6, 6.07) is 1.61. The molecule has 2 unspecified atom stereocenters. The van der Waals surface area contributed by atoms with Gasteiger partial charge in [0, 0.05) is 29.6 Å². The quantitative estimate of drug-likeness (QED) is 0.656. The Hall–Kier alpha value is -2.51. The fourth-order valence-corrected chi connectivity index (χ4v) is 5.05. The van der Waals surface area contributed by atoms with E-state index < -0.39 is 63.0 Å². The molecule has 2 aromatic rings. The molecule has 13 heteroatoms. The first-order valence-electron chi connectivity index (χ1n) is 8.94. The lowest BCUT2D eigenvalue weighted by atomic mass is 9.96. The minimum Gasteiger partial charge on any atom is -0.375 e. The number of carbonyl (C=O) groups is 1. The van der Waals surface area contributed by atoms with Crippen LogP contribution in [0.5, 0.6) is 0 Å². The van der Waals surface area contributed by atoms with Gasteiger partial charge in [-0.3, -0.25) is 14.8 Å². The highest BCUT2D eigenvalue weighted by Gasteiger charge is 2.56. The molecule has 31 heavy (non-hydrogen) atoms. The number of hydrogen-bond acceptors (Lipinski definition) is 6. The van der Waals surface area contributed by atoms with E-state index in [0.717, 1.165) is 18.3 Å². The van der Waals surface area contributed by atoms with E-state index in [1.54, 1.807) is 0 Å². The van der Waals surface area contributed by atoms with E-state index in [4.69, 9.17) is 5.73 Å². The lowest BCUT2D eigenvalue weighted by Crippen LogP contribution is -2.45. The van der Waals surface area contributed by atoms with Gasteiger partial charge in [-0.1, -0.05) is 0 Å². The summed E-state index contributed by atoms with van der Waals surface area (Å²) in [5.41, 5.74) is 0.629. The number of hydrogen-bond donors (Lipinski definition) is 2. The van der Waals surface area contributed by atoms with Crippen molar-refractivity contribution >= 4 is 15.6 Å². The van der Waals surface area contributed by atoms with E-state index in [1.807, 2.05) is 0 Å². The smallest absolute Gasteiger partial charge is 0.375 e. The van der Waals surface area contributed by atoms with Gasteiger partial charge in [-0.05, 0) is 18.6 Å². The second-order valence-electron chi connectivity index (χ2n) is 7.02. The molecule has 1 aromatic carbocycles. The third-order valence-electron chi connectivity index (χ3n) is 4.86. The lowest BCUT2D eigenvalue weighted by molar-refractivity contribution is -0.269. The van der Waals surface area contributed by atoms with Gasteiger partial charge in [-0.25, -0.2) is 13.0 Å². The van der Waals surface area contributed by atoms with Gasteiger partial charge < -0.3 is 10.8 Å². The molecule has 0 bridgehead atoms. The van der Waals surface area contributed by atoms with Crippen LogP contribution in [-0.4, -0.2) is 48.9 Å². The molecule has 1 aliphatic heterocycles. The van der Waals surface area contributed by atoms with E-state index in [0.29, 0.717) is 12.3 Å². The molecule has 0 spiro atoms. The van der Waals surface area contributed by atoms with Gasteiger partial charge in [0.2, 0.25) is 5.60 Å². The first-order valence-corrected chi connectivity index (χ1v) is 10.8. The zero-order chi connectivity index (χ0) is 23.0. The van der Waals surface area contributed by atoms with Gasteiger partial charge in [0.1, 0.15) is 11.6 Å². The molecule has 168 valence electrons. The van der Waals surface area contributed by atoms with Gasteiger partial charge in [0.15, 0.2) is 0 Å². The Morgan fingerprint density at radius 2 is 1.90 bits per heavy atom. The van der Waals surface area contributed by atoms with Gasteiger partial charge >= 0.3 is 6.18 Å². The molecule has 3 atom stereocenters. The van der Waals surface area contributed by atoms with Crippen molar-refractivity contribution in [3.05, 3.63) is 47.9 Å². The van der Waals surface area contributed by atoms with E-state index in [-0.39, 0.29) is 23.4 Å². The number of benzene rings is 1. The fraction of sp³-hybridized carbons (Fsp3) is 0.389. The van der Waals surface area contributed by atoms with Crippen LogP contribution in [0.3, 0.4) is 0 Å². The Morgan fingerprint density at radius 1 is 1.19 bits per heavy atom. The minimum atomic E-state index is -5.23. The normalized spacial score (nSPS) is 23.8. The average molecular weight is 464 g/mol. The van der Waals surface area contributed by atoms with Crippen molar-refractivity contribution in [2.45, 2.75) is 30.7 Å². The van der Waals surface area contributed by atoms with Crippen LogP contribution >= 0.6 is 0 Å². The van der Waals surface area contributed by atoms with Crippen molar-refractivity contribution in [3.8, 4) is 11.3 Å². The molecule has 1 aromatic heterocycles. The molecule has 2 heterocycles. The van der Waals surface area contributed by atoms with E-state index >= 15 is 0 Å². The minimum absolute atomic E-state index is 0.00332. The van der Waals surface area contributed by atoms with Crippen molar-refractivity contribution in [3.63, 3.8) is 0 Å². The summed E-state index contributed by atoms with van der Waals surface area (Å²) in [5, 5.41) is 10.4. The summed E-state index contributed by atoms with van der Waals surface area (Å²) in [6.45, 7) is 0. The number of halogens is 5. The lowest BCUT2D eigenvalue weighted by Gasteiger charge is -2.30. The number of carbonyl (C=O) groups excluding carboxylic acids is 1. The molecule has 1 amide bonds. The van der Waals surface area contributed by atoms with Crippen LogP contribution < -0.4 is 5.73 Å². The molecule has 0 saturated carbocycles. The summed E-state index contributed by atoms with van der Waals surface area (Å²) in [7, 11) is -3.33. The van der Waals surface area contributed by atoms with Crippen LogP contribution in [0.25, 0.3) is 11.3 Å². The first-order chi connectivity index (χ1) is 14.3. The molecule has 7 nitrogen and oxygen atoms in total. The Labute approximate surface area is 173 Å². The van der Waals surface area contributed by atoms with E-state index in [2.05, 4.69) is 14.3 Å². The maximum Gasteiger partial charge on any atom is 0.423 e. The number of amides is 1. The van der Waals surface area contributed by atoms with Crippen molar-refractivity contribution in [1.82, 2.24) is 9.97 Å². The van der Waals surface area contributed by atoms with Gasteiger partial charge in [-0.15, -0.1) is 0 Å². The number of rotatable bonds is 5. The second kappa shape index (κ2) is 8.20. The maximum atomic E-state index is 13.9. The SMILES string of the molecule is N[C@H]1CCS(=O)(CCC(O)(c2cnc(-c3ccc(F)cc3F)cn2)C(F)(F)F)=NC1=O. The number of alkyl halides is 3. The standard InChI is InChI=1S/C18H17F5N4O3S/c19-10-1-2-11(12(20)7-10)14-8-26-15(9-25-14)17(29,18(21,22)23)4-6-31(30)5-3-13(24)16(28)27-31/h1-2,7-9,13,29H,3-6,24H2/t13-,17?,31?/m0/s1. The zero-order valence-electron chi connectivity index (χ0n) is 15.8. The summed E-state index contributed by atoms with van der Waals surface area (Å²) in [4.78, 5) is 18.9. The van der Waals surface area contributed by atoms with Crippen molar-refractivity contribution in [1.29, 1.82) is 0 Å². The van der Waals surface area contributed by atoms with Gasteiger partial charge in [-0.2, -0.15) is 17.5 Å². The van der Waals surface area contributed by atoms with E-state index in [1.165, 1.54) is 0 Å².